The fraction of sp³-hybridized carbons (Fsp3) is 0.500. The molecule has 0 radical (unpaired) electrons. The molecule has 20 heavy (non-hydrogen) atoms. The van der Waals surface area contributed by atoms with E-state index in [0.29, 0.717) is 11.5 Å². The van der Waals surface area contributed by atoms with Crippen LogP contribution in [0.3, 0.4) is 0 Å². The van der Waals surface area contributed by atoms with E-state index < -0.39 is 0 Å². The molecular formula is C18H24N2. The summed E-state index contributed by atoms with van der Waals surface area (Å²) in [6.45, 7) is 5.65. The summed E-state index contributed by atoms with van der Waals surface area (Å²) in [6, 6.07) is 11.3. The number of fused-ring (bicyclic) bond motifs is 1. The average Bonchev–Trinajstić information content (AvgIpc) is 2.92. The predicted octanol–water partition coefficient (Wildman–Crippen LogP) is 4.47. The van der Waals surface area contributed by atoms with Crippen molar-refractivity contribution < 1.29 is 0 Å². The van der Waals surface area contributed by atoms with Crippen molar-refractivity contribution in [2.75, 3.05) is 6.54 Å². The van der Waals surface area contributed by atoms with Crippen LogP contribution in [0.4, 0.5) is 0 Å². The largest absolute Gasteiger partial charge is 0.310 e. The molecule has 3 rings (SSSR count). The van der Waals surface area contributed by atoms with Crippen LogP contribution in [0.25, 0.3) is 10.9 Å². The molecule has 1 saturated carbocycles. The standard InChI is InChI=1S/C18H24N2/c1-3-19-17(18(2)10-4-5-11-18)15-9-8-14-7-6-12-20-16(14)13-15/h6-9,12-13,17,19H,3-5,10-11H2,1-2H3. The van der Waals surface area contributed by atoms with Gasteiger partial charge >= 0.3 is 0 Å². The maximum atomic E-state index is 4.51. The second-order valence-corrected chi connectivity index (χ2v) is 6.31. The van der Waals surface area contributed by atoms with Crippen LogP contribution < -0.4 is 5.32 Å². The van der Waals surface area contributed by atoms with Crippen LogP contribution in [0.2, 0.25) is 0 Å². The zero-order chi connectivity index (χ0) is 14.0. The quantitative estimate of drug-likeness (QED) is 0.885. The molecule has 0 aliphatic heterocycles. The molecule has 0 amide bonds. The van der Waals surface area contributed by atoms with Crippen molar-refractivity contribution in [1.29, 1.82) is 0 Å². The lowest BCUT2D eigenvalue weighted by Crippen LogP contribution is -2.34. The maximum Gasteiger partial charge on any atom is 0.0705 e. The highest BCUT2D eigenvalue weighted by atomic mass is 14.9. The van der Waals surface area contributed by atoms with Gasteiger partial charge in [0.1, 0.15) is 0 Å². The molecule has 0 spiro atoms. The van der Waals surface area contributed by atoms with E-state index in [2.05, 4.69) is 48.4 Å². The third-order valence-electron chi connectivity index (χ3n) is 4.81. The zero-order valence-electron chi connectivity index (χ0n) is 12.5. The normalized spacial score (nSPS) is 19.3. The average molecular weight is 268 g/mol. The number of hydrogen-bond donors (Lipinski definition) is 1. The van der Waals surface area contributed by atoms with Crippen molar-refractivity contribution >= 4 is 10.9 Å². The highest BCUT2D eigenvalue weighted by Gasteiger charge is 2.37. The third-order valence-corrected chi connectivity index (χ3v) is 4.81. The van der Waals surface area contributed by atoms with Crippen molar-refractivity contribution in [3.63, 3.8) is 0 Å². The monoisotopic (exact) mass is 268 g/mol. The molecule has 1 fully saturated rings. The Bertz CT molecular complexity index is 585. The number of rotatable bonds is 4. The highest BCUT2D eigenvalue weighted by molar-refractivity contribution is 5.79. The van der Waals surface area contributed by atoms with Crippen LogP contribution in [-0.2, 0) is 0 Å². The Kier molecular flexibility index (Phi) is 3.75. The van der Waals surface area contributed by atoms with E-state index in [1.165, 1.54) is 36.6 Å². The summed E-state index contributed by atoms with van der Waals surface area (Å²) in [5.74, 6) is 0. The van der Waals surface area contributed by atoms with E-state index in [9.17, 15) is 0 Å². The van der Waals surface area contributed by atoms with Gasteiger partial charge in [-0.3, -0.25) is 4.98 Å². The SMILES string of the molecule is CCNC(c1ccc2cccnc2c1)C1(C)CCCC1. The van der Waals surface area contributed by atoms with E-state index >= 15 is 0 Å². The van der Waals surface area contributed by atoms with Crippen LogP contribution >= 0.6 is 0 Å². The Balaban J connectivity index is 2.00. The number of nitrogens with zero attached hydrogens (tertiary/aromatic N) is 1. The van der Waals surface area contributed by atoms with Crippen molar-refractivity contribution in [2.24, 2.45) is 5.41 Å². The molecule has 1 heterocycles. The van der Waals surface area contributed by atoms with E-state index in [1.807, 2.05) is 12.3 Å². The molecule has 1 aliphatic carbocycles. The second-order valence-electron chi connectivity index (χ2n) is 6.31. The van der Waals surface area contributed by atoms with Gasteiger partial charge in [-0.1, -0.05) is 44.9 Å². The van der Waals surface area contributed by atoms with Crippen molar-refractivity contribution in [1.82, 2.24) is 10.3 Å². The van der Waals surface area contributed by atoms with Gasteiger partial charge in [-0.05, 0) is 42.5 Å². The predicted molar refractivity (Wildman–Crippen MR) is 84.7 cm³/mol. The first-order chi connectivity index (χ1) is 9.73. The van der Waals surface area contributed by atoms with Crippen LogP contribution in [0.1, 0.15) is 51.1 Å². The van der Waals surface area contributed by atoms with Gasteiger partial charge in [-0.2, -0.15) is 0 Å². The lowest BCUT2D eigenvalue weighted by Gasteiger charge is -2.35. The Morgan fingerprint density at radius 3 is 2.80 bits per heavy atom. The number of pyridine rings is 1. The Labute approximate surface area is 121 Å². The first-order valence-corrected chi connectivity index (χ1v) is 7.81. The Morgan fingerprint density at radius 1 is 1.25 bits per heavy atom. The van der Waals surface area contributed by atoms with Gasteiger partial charge in [0.25, 0.3) is 0 Å². The van der Waals surface area contributed by atoms with E-state index in [-0.39, 0.29) is 0 Å². The molecule has 1 aromatic heterocycles. The summed E-state index contributed by atoms with van der Waals surface area (Å²) in [5, 5.41) is 4.94. The second kappa shape index (κ2) is 5.53. The van der Waals surface area contributed by atoms with Gasteiger partial charge < -0.3 is 5.32 Å². The summed E-state index contributed by atoms with van der Waals surface area (Å²) < 4.78 is 0. The molecule has 1 N–H and O–H groups in total. The number of nitrogens with one attached hydrogen (secondary N) is 1. The fourth-order valence-electron chi connectivity index (χ4n) is 3.71. The molecule has 1 unspecified atom stereocenters. The van der Waals surface area contributed by atoms with E-state index in [4.69, 9.17) is 0 Å². The van der Waals surface area contributed by atoms with Gasteiger partial charge in [0, 0.05) is 17.6 Å². The Morgan fingerprint density at radius 2 is 2.05 bits per heavy atom. The topological polar surface area (TPSA) is 24.9 Å². The maximum absolute atomic E-state index is 4.51. The molecular weight excluding hydrogens is 244 g/mol. The summed E-state index contributed by atoms with van der Waals surface area (Å²) >= 11 is 0. The number of hydrogen-bond acceptors (Lipinski definition) is 2. The minimum absolute atomic E-state index is 0.387. The van der Waals surface area contributed by atoms with Gasteiger partial charge in [-0.15, -0.1) is 0 Å². The van der Waals surface area contributed by atoms with Crippen LogP contribution in [-0.4, -0.2) is 11.5 Å². The van der Waals surface area contributed by atoms with E-state index in [0.717, 1.165) is 12.1 Å². The van der Waals surface area contributed by atoms with Crippen molar-refractivity contribution in [2.45, 2.75) is 45.6 Å². The van der Waals surface area contributed by atoms with Crippen molar-refractivity contribution in [3.8, 4) is 0 Å². The van der Waals surface area contributed by atoms with E-state index in [1.54, 1.807) is 0 Å². The first kappa shape index (κ1) is 13.6. The molecule has 2 nitrogen and oxygen atoms in total. The van der Waals surface area contributed by atoms with Crippen molar-refractivity contribution in [3.05, 3.63) is 42.1 Å². The highest BCUT2D eigenvalue weighted by Crippen LogP contribution is 2.47. The van der Waals surface area contributed by atoms with Crippen LogP contribution in [0.5, 0.6) is 0 Å². The number of aromatic nitrogens is 1. The molecule has 2 heteroatoms. The fourth-order valence-corrected chi connectivity index (χ4v) is 3.71. The number of benzene rings is 1. The molecule has 1 atom stereocenters. The summed E-state index contributed by atoms with van der Waals surface area (Å²) in [7, 11) is 0. The molecule has 0 saturated heterocycles. The molecule has 0 bridgehead atoms. The summed E-state index contributed by atoms with van der Waals surface area (Å²) in [4.78, 5) is 4.51. The van der Waals surface area contributed by atoms with Gasteiger partial charge in [-0.25, -0.2) is 0 Å². The first-order valence-electron chi connectivity index (χ1n) is 7.81. The zero-order valence-corrected chi connectivity index (χ0v) is 12.5. The minimum atomic E-state index is 0.387. The minimum Gasteiger partial charge on any atom is -0.310 e. The van der Waals surface area contributed by atoms with Gasteiger partial charge in [0.05, 0.1) is 5.52 Å². The third kappa shape index (κ3) is 2.45. The van der Waals surface area contributed by atoms with Crippen LogP contribution in [0.15, 0.2) is 36.5 Å². The molecule has 2 aromatic rings. The summed E-state index contributed by atoms with van der Waals surface area (Å²) in [6.07, 6.45) is 7.26. The van der Waals surface area contributed by atoms with Crippen LogP contribution in [0, 0.1) is 5.41 Å². The van der Waals surface area contributed by atoms with Gasteiger partial charge in [0.15, 0.2) is 0 Å². The molecule has 1 aromatic carbocycles. The Hall–Kier alpha value is -1.41. The lowest BCUT2D eigenvalue weighted by atomic mass is 9.77. The molecule has 1 aliphatic rings. The lowest BCUT2D eigenvalue weighted by molar-refractivity contribution is 0.226. The summed E-state index contributed by atoms with van der Waals surface area (Å²) in [5.41, 5.74) is 2.88. The smallest absolute Gasteiger partial charge is 0.0705 e. The molecule has 106 valence electrons. The van der Waals surface area contributed by atoms with Gasteiger partial charge in [0.2, 0.25) is 0 Å².